The van der Waals surface area contributed by atoms with Crippen LogP contribution in [0.1, 0.15) is 12.1 Å². The van der Waals surface area contributed by atoms with E-state index in [1.54, 1.807) is 6.20 Å². The van der Waals surface area contributed by atoms with Gasteiger partial charge in [-0.25, -0.2) is 9.97 Å². The van der Waals surface area contributed by atoms with Gasteiger partial charge in [0.25, 0.3) is 0 Å². The van der Waals surface area contributed by atoms with Crippen LogP contribution in [0.2, 0.25) is 5.28 Å². The van der Waals surface area contributed by atoms with Gasteiger partial charge in [0.05, 0.1) is 5.69 Å². The molecule has 1 aliphatic heterocycles. The maximum absolute atomic E-state index is 5.75. The maximum atomic E-state index is 5.75. The van der Waals surface area contributed by atoms with Gasteiger partial charge in [-0.3, -0.25) is 0 Å². The van der Waals surface area contributed by atoms with Crippen LogP contribution in [0.5, 0.6) is 0 Å². The Morgan fingerprint density at radius 1 is 1.62 bits per heavy atom. The number of rotatable bonds is 4. The molecule has 1 aromatic heterocycles. The predicted molar refractivity (Wildman–Crippen MR) is 64.4 cm³/mol. The summed E-state index contributed by atoms with van der Waals surface area (Å²) in [5.41, 5.74) is 0.980. The number of hydrogen-bond acceptors (Lipinski definition) is 4. The quantitative estimate of drug-likeness (QED) is 0.803. The van der Waals surface area contributed by atoms with Crippen LogP contribution >= 0.6 is 11.6 Å². The highest BCUT2D eigenvalue weighted by atomic mass is 35.5. The van der Waals surface area contributed by atoms with Gasteiger partial charge in [-0.2, -0.15) is 0 Å². The molecule has 1 aliphatic rings. The second-order valence-corrected chi connectivity index (χ2v) is 4.71. The molecule has 0 spiro atoms. The second-order valence-electron chi connectivity index (χ2n) is 4.37. The molecule has 1 atom stereocenters. The molecule has 0 amide bonds. The lowest BCUT2D eigenvalue weighted by molar-refractivity contribution is 0.275. The van der Waals surface area contributed by atoms with Crippen LogP contribution in [0.3, 0.4) is 0 Å². The summed E-state index contributed by atoms with van der Waals surface area (Å²) >= 11 is 5.75. The molecule has 0 bridgehead atoms. The third-order valence-electron chi connectivity index (χ3n) is 2.85. The Kier molecular flexibility index (Phi) is 4.09. The lowest BCUT2D eigenvalue weighted by atomic mass is 10.1. The number of nitrogens with one attached hydrogen (secondary N) is 1. The molecule has 4 nitrogen and oxygen atoms in total. The SMILES string of the molecule is CN(Cc1ccnc(Cl)n1)C[C@@H]1CCNC1. The van der Waals surface area contributed by atoms with Crippen molar-refractivity contribution in [3.05, 3.63) is 23.2 Å². The van der Waals surface area contributed by atoms with E-state index in [4.69, 9.17) is 11.6 Å². The second kappa shape index (κ2) is 5.57. The molecule has 0 unspecified atom stereocenters. The first-order chi connectivity index (χ1) is 7.74. The highest BCUT2D eigenvalue weighted by Gasteiger charge is 2.16. The van der Waals surface area contributed by atoms with Gasteiger partial charge >= 0.3 is 0 Å². The molecular weight excluding hydrogens is 224 g/mol. The summed E-state index contributed by atoms with van der Waals surface area (Å²) in [4.78, 5) is 10.3. The van der Waals surface area contributed by atoms with Crippen molar-refractivity contribution in [3.8, 4) is 0 Å². The Morgan fingerprint density at radius 3 is 3.19 bits per heavy atom. The summed E-state index contributed by atoms with van der Waals surface area (Å²) in [6, 6.07) is 1.91. The predicted octanol–water partition coefficient (Wildman–Crippen LogP) is 1.17. The fourth-order valence-corrected chi connectivity index (χ4v) is 2.27. The molecular formula is C11H17ClN4. The molecule has 0 saturated carbocycles. The molecule has 16 heavy (non-hydrogen) atoms. The first-order valence-corrected chi connectivity index (χ1v) is 5.98. The van der Waals surface area contributed by atoms with Gasteiger partial charge in [0, 0.05) is 19.3 Å². The Morgan fingerprint density at radius 2 is 2.50 bits per heavy atom. The highest BCUT2D eigenvalue weighted by Crippen LogP contribution is 2.10. The third kappa shape index (κ3) is 3.40. The molecule has 2 rings (SSSR count). The van der Waals surface area contributed by atoms with Gasteiger partial charge in [-0.1, -0.05) is 0 Å². The fraction of sp³-hybridized carbons (Fsp3) is 0.636. The van der Waals surface area contributed by atoms with Crippen LogP contribution < -0.4 is 5.32 Å². The first kappa shape index (κ1) is 11.8. The number of hydrogen-bond donors (Lipinski definition) is 1. The first-order valence-electron chi connectivity index (χ1n) is 5.61. The molecule has 0 aromatic carbocycles. The van der Waals surface area contributed by atoms with Crippen LogP contribution in [0.25, 0.3) is 0 Å². The van der Waals surface area contributed by atoms with E-state index < -0.39 is 0 Å². The van der Waals surface area contributed by atoms with Crippen molar-refractivity contribution >= 4 is 11.6 Å². The molecule has 1 saturated heterocycles. The van der Waals surface area contributed by atoms with Crippen LogP contribution in [0.4, 0.5) is 0 Å². The zero-order chi connectivity index (χ0) is 11.4. The van der Waals surface area contributed by atoms with Crippen LogP contribution in [-0.2, 0) is 6.54 Å². The summed E-state index contributed by atoms with van der Waals surface area (Å²) in [7, 11) is 2.12. The summed E-state index contributed by atoms with van der Waals surface area (Å²) in [6.45, 7) is 4.22. The zero-order valence-corrected chi connectivity index (χ0v) is 10.2. The van der Waals surface area contributed by atoms with E-state index in [-0.39, 0.29) is 0 Å². The number of nitrogens with zero attached hydrogens (tertiary/aromatic N) is 3. The van der Waals surface area contributed by atoms with Crippen molar-refractivity contribution in [2.75, 3.05) is 26.7 Å². The average molecular weight is 241 g/mol. The number of halogens is 1. The van der Waals surface area contributed by atoms with Crippen molar-refractivity contribution in [3.63, 3.8) is 0 Å². The van der Waals surface area contributed by atoms with Crippen LogP contribution in [-0.4, -0.2) is 41.5 Å². The van der Waals surface area contributed by atoms with Crippen molar-refractivity contribution in [2.45, 2.75) is 13.0 Å². The van der Waals surface area contributed by atoms with E-state index in [1.807, 2.05) is 6.07 Å². The van der Waals surface area contributed by atoms with Crippen molar-refractivity contribution in [1.82, 2.24) is 20.2 Å². The minimum atomic E-state index is 0.327. The lowest BCUT2D eigenvalue weighted by Crippen LogP contribution is -2.27. The topological polar surface area (TPSA) is 41.1 Å². The largest absolute Gasteiger partial charge is 0.316 e. The van der Waals surface area contributed by atoms with Crippen LogP contribution in [0.15, 0.2) is 12.3 Å². The molecule has 5 heteroatoms. The standard InChI is InChI=1S/C11H17ClN4/c1-16(7-9-2-4-13-6-9)8-10-3-5-14-11(12)15-10/h3,5,9,13H,2,4,6-8H2,1H3/t9-/m1/s1. The fourth-order valence-electron chi connectivity index (χ4n) is 2.11. The molecule has 1 N–H and O–H groups in total. The smallest absolute Gasteiger partial charge is 0.222 e. The molecule has 0 aliphatic carbocycles. The van der Waals surface area contributed by atoms with E-state index in [1.165, 1.54) is 6.42 Å². The Labute approximate surface area is 101 Å². The summed E-state index contributed by atoms with van der Waals surface area (Å²) in [5, 5.41) is 3.70. The normalized spacial score (nSPS) is 20.6. The Balaban J connectivity index is 1.84. The lowest BCUT2D eigenvalue weighted by Gasteiger charge is -2.19. The van der Waals surface area contributed by atoms with Gasteiger partial charge < -0.3 is 10.2 Å². The summed E-state index contributed by atoms with van der Waals surface area (Å²) in [5.74, 6) is 0.766. The van der Waals surface area contributed by atoms with E-state index in [9.17, 15) is 0 Å². The average Bonchev–Trinajstić information content (AvgIpc) is 2.70. The monoisotopic (exact) mass is 240 g/mol. The molecule has 1 aromatic rings. The Bertz CT molecular complexity index is 339. The minimum Gasteiger partial charge on any atom is -0.316 e. The van der Waals surface area contributed by atoms with Gasteiger partial charge in [-0.05, 0) is 50.1 Å². The van der Waals surface area contributed by atoms with Crippen molar-refractivity contribution in [1.29, 1.82) is 0 Å². The van der Waals surface area contributed by atoms with Crippen LogP contribution in [0, 0.1) is 5.92 Å². The van der Waals surface area contributed by atoms with E-state index >= 15 is 0 Å². The molecule has 2 heterocycles. The van der Waals surface area contributed by atoms with Crippen molar-refractivity contribution in [2.24, 2.45) is 5.92 Å². The Hall–Kier alpha value is -0.710. The highest BCUT2D eigenvalue weighted by molar-refractivity contribution is 6.28. The zero-order valence-electron chi connectivity index (χ0n) is 9.49. The minimum absolute atomic E-state index is 0.327. The summed E-state index contributed by atoms with van der Waals surface area (Å²) < 4.78 is 0. The van der Waals surface area contributed by atoms with E-state index in [0.717, 1.165) is 37.8 Å². The van der Waals surface area contributed by atoms with Gasteiger partial charge in [0.15, 0.2) is 0 Å². The van der Waals surface area contributed by atoms with E-state index in [0.29, 0.717) is 5.28 Å². The number of aromatic nitrogens is 2. The van der Waals surface area contributed by atoms with E-state index in [2.05, 4.69) is 27.2 Å². The van der Waals surface area contributed by atoms with Crippen molar-refractivity contribution < 1.29 is 0 Å². The third-order valence-corrected chi connectivity index (χ3v) is 3.03. The molecule has 0 radical (unpaired) electrons. The van der Waals surface area contributed by atoms with Gasteiger partial charge in [-0.15, -0.1) is 0 Å². The maximum Gasteiger partial charge on any atom is 0.222 e. The van der Waals surface area contributed by atoms with Gasteiger partial charge in [0.1, 0.15) is 0 Å². The molecule has 88 valence electrons. The molecule has 1 fully saturated rings. The van der Waals surface area contributed by atoms with Gasteiger partial charge in [0.2, 0.25) is 5.28 Å². The summed E-state index contributed by atoms with van der Waals surface area (Å²) in [6.07, 6.45) is 2.98.